The Balaban J connectivity index is 1.60. The van der Waals surface area contributed by atoms with Gasteiger partial charge in [0.05, 0.1) is 0 Å². The van der Waals surface area contributed by atoms with E-state index in [1.165, 1.54) is 12.1 Å². The van der Waals surface area contributed by atoms with Crippen molar-refractivity contribution in [3.8, 4) is 0 Å². The standard InChI is InChI=1S/C20H19ClFN3O3/c1-20(15-4-2-3-5-16(15)21)18(27)25(19(28)24-20)12-17(26)23-11-10-13-6-8-14(22)9-7-13/h2-9H,10-12H2,1H3,(H,23,26)(H,24,28). The molecular weight excluding hydrogens is 385 g/mol. The van der Waals surface area contributed by atoms with Crippen LogP contribution in [0.25, 0.3) is 0 Å². The number of rotatable bonds is 6. The first-order valence-electron chi connectivity index (χ1n) is 8.71. The number of carbonyl (C=O) groups excluding carboxylic acids is 3. The molecule has 1 atom stereocenters. The van der Waals surface area contributed by atoms with Gasteiger partial charge in [-0.15, -0.1) is 0 Å². The molecule has 2 N–H and O–H groups in total. The minimum atomic E-state index is -1.33. The molecule has 1 fully saturated rings. The van der Waals surface area contributed by atoms with Gasteiger partial charge in [0, 0.05) is 17.1 Å². The van der Waals surface area contributed by atoms with Crippen LogP contribution in [0, 0.1) is 5.82 Å². The van der Waals surface area contributed by atoms with Gasteiger partial charge in [-0.05, 0) is 37.1 Å². The van der Waals surface area contributed by atoms with Crippen LogP contribution >= 0.6 is 11.6 Å². The Kier molecular flexibility index (Phi) is 5.65. The number of nitrogens with zero attached hydrogens (tertiary/aromatic N) is 1. The lowest BCUT2D eigenvalue weighted by Gasteiger charge is -2.23. The van der Waals surface area contributed by atoms with E-state index < -0.39 is 29.9 Å². The Morgan fingerprint density at radius 2 is 1.86 bits per heavy atom. The molecule has 0 spiro atoms. The molecule has 0 aromatic heterocycles. The van der Waals surface area contributed by atoms with Crippen molar-refractivity contribution in [1.29, 1.82) is 0 Å². The SMILES string of the molecule is CC1(c2ccccc2Cl)NC(=O)N(CC(=O)NCCc2ccc(F)cc2)C1=O. The molecule has 1 aliphatic heterocycles. The minimum absolute atomic E-state index is 0.301. The molecule has 3 rings (SSSR count). The fraction of sp³-hybridized carbons (Fsp3) is 0.250. The van der Waals surface area contributed by atoms with E-state index in [1.807, 2.05) is 0 Å². The maximum Gasteiger partial charge on any atom is 0.325 e. The van der Waals surface area contributed by atoms with Crippen LogP contribution in [0.5, 0.6) is 0 Å². The second kappa shape index (κ2) is 7.98. The van der Waals surface area contributed by atoms with Gasteiger partial charge >= 0.3 is 6.03 Å². The molecule has 2 aromatic carbocycles. The third-order valence-corrected chi connectivity index (χ3v) is 4.97. The van der Waals surface area contributed by atoms with Gasteiger partial charge in [-0.2, -0.15) is 0 Å². The summed E-state index contributed by atoms with van der Waals surface area (Å²) in [6.07, 6.45) is 0.503. The number of hydrogen-bond donors (Lipinski definition) is 2. The summed E-state index contributed by atoms with van der Waals surface area (Å²) in [7, 11) is 0. The van der Waals surface area contributed by atoms with E-state index in [4.69, 9.17) is 11.6 Å². The van der Waals surface area contributed by atoms with Crippen LogP contribution < -0.4 is 10.6 Å². The van der Waals surface area contributed by atoms with Crippen molar-refractivity contribution < 1.29 is 18.8 Å². The van der Waals surface area contributed by atoms with Gasteiger partial charge < -0.3 is 10.6 Å². The lowest BCUT2D eigenvalue weighted by Crippen LogP contribution is -2.43. The number of halogens is 2. The highest BCUT2D eigenvalue weighted by molar-refractivity contribution is 6.32. The normalized spacial score (nSPS) is 18.9. The zero-order valence-electron chi connectivity index (χ0n) is 15.2. The lowest BCUT2D eigenvalue weighted by atomic mass is 9.92. The van der Waals surface area contributed by atoms with Crippen molar-refractivity contribution in [3.63, 3.8) is 0 Å². The number of hydrogen-bond acceptors (Lipinski definition) is 3. The highest BCUT2D eigenvalue weighted by Crippen LogP contribution is 2.33. The predicted molar refractivity (Wildman–Crippen MR) is 102 cm³/mol. The highest BCUT2D eigenvalue weighted by Gasteiger charge is 2.50. The van der Waals surface area contributed by atoms with Crippen LogP contribution in [0.15, 0.2) is 48.5 Å². The predicted octanol–water partition coefficient (Wildman–Crippen LogP) is 2.61. The topological polar surface area (TPSA) is 78.5 Å². The minimum Gasteiger partial charge on any atom is -0.354 e. The zero-order valence-corrected chi connectivity index (χ0v) is 15.9. The summed E-state index contributed by atoms with van der Waals surface area (Å²) >= 11 is 6.17. The van der Waals surface area contributed by atoms with Crippen molar-refractivity contribution >= 4 is 29.4 Å². The van der Waals surface area contributed by atoms with Gasteiger partial charge in [0.25, 0.3) is 5.91 Å². The molecule has 1 aliphatic rings. The molecule has 146 valence electrons. The van der Waals surface area contributed by atoms with Crippen LogP contribution in [-0.4, -0.2) is 35.8 Å². The second-order valence-corrected chi connectivity index (χ2v) is 7.06. The smallest absolute Gasteiger partial charge is 0.325 e. The average Bonchev–Trinajstić information content (AvgIpc) is 2.87. The number of urea groups is 1. The largest absolute Gasteiger partial charge is 0.354 e. The molecule has 6 nitrogen and oxygen atoms in total. The van der Waals surface area contributed by atoms with Crippen LogP contribution in [-0.2, 0) is 21.5 Å². The Labute approximate surface area is 166 Å². The Bertz CT molecular complexity index is 919. The Morgan fingerprint density at radius 3 is 2.54 bits per heavy atom. The molecular formula is C20H19ClFN3O3. The van der Waals surface area contributed by atoms with E-state index in [1.54, 1.807) is 43.3 Å². The second-order valence-electron chi connectivity index (χ2n) is 6.65. The third kappa shape index (κ3) is 3.99. The quantitative estimate of drug-likeness (QED) is 0.728. The van der Waals surface area contributed by atoms with Gasteiger partial charge in [0.1, 0.15) is 17.9 Å². The highest BCUT2D eigenvalue weighted by atomic mass is 35.5. The van der Waals surface area contributed by atoms with Crippen molar-refractivity contribution in [3.05, 3.63) is 70.5 Å². The molecule has 0 aliphatic carbocycles. The number of imide groups is 1. The van der Waals surface area contributed by atoms with Crippen molar-refractivity contribution in [2.75, 3.05) is 13.1 Å². The number of benzene rings is 2. The lowest BCUT2D eigenvalue weighted by molar-refractivity contribution is -0.134. The molecule has 0 radical (unpaired) electrons. The molecule has 28 heavy (non-hydrogen) atoms. The van der Waals surface area contributed by atoms with E-state index in [-0.39, 0.29) is 5.82 Å². The summed E-state index contributed by atoms with van der Waals surface area (Å²) in [6.45, 7) is 1.46. The Hall–Kier alpha value is -2.93. The molecule has 1 unspecified atom stereocenters. The summed E-state index contributed by atoms with van der Waals surface area (Å²) in [5, 5.41) is 5.63. The molecule has 0 saturated carbocycles. The van der Waals surface area contributed by atoms with Gasteiger partial charge in [-0.25, -0.2) is 9.18 Å². The van der Waals surface area contributed by atoms with Gasteiger partial charge in [0.15, 0.2) is 0 Å². The fourth-order valence-corrected chi connectivity index (χ4v) is 3.41. The number of amides is 4. The summed E-state index contributed by atoms with van der Waals surface area (Å²) < 4.78 is 12.9. The molecule has 1 saturated heterocycles. The van der Waals surface area contributed by atoms with Crippen LogP contribution in [0.4, 0.5) is 9.18 Å². The van der Waals surface area contributed by atoms with E-state index >= 15 is 0 Å². The summed E-state index contributed by atoms with van der Waals surface area (Å²) in [5.74, 6) is -1.33. The summed E-state index contributed by atoms with van der Waals surface area (Å²) in [4.78, 5) is 38.2. The van der Waals surface area contributed by atoms with Gasteiger partial charge in [0.2, 0.25) is 5.91 Å². The van der Waals surface area contributed by atoms with E-state index in [0.29, 0.717) is 23.6 Å². The Morgan fingerprint density at radius 1 is 1.18 bits per heavy atom. The average molecular weight is 404 g/mol. The maximum absolute atomic E-state index is 12.9. The number of nitrogens with one attached hydrogen (secondary N) is 2. The maximum atomic E-state index is 12.9. The third-order valence-electron chi connectivity index (χ3n) is 4.64. The molecule has 8 heteroatoms. The van der Waals surface area contributed by atoms with Gasteiger partial charge in [-0.3, -0.25) is 14.5 Å². The zero-order chi connectivity index (χ0) is 20.3. The van der Waals surface area contributed by atoms with E-state index in [0.717, 1.165) is 10.5 Å². The summed E-state index contributed by atoms with van der Waals surface area (Å²) in [6, 6.07) is 12.0. The van der Waals surface area contributed by atoms with Gasteiger partial charge in [-0.1, -0.05) is 41.9 Å². The van der Waals surface area contributed by atoms with Crippen molar-refractivity contribution in [1.82, 2.24) is 15.5 Å². The van der Waals surface area contributed by atoms with Crippen molar-refractivity contribution in [2.45, 2.75) is 18.9 Å². The van der Waals surface area contributed by atoms with Crippen LogP contribution in [0.3, 0.4) is 0 Å². The fourth-order valence-electron chi connectivity index (χ4n) is 3.09. The number of carbonyl (C=O) groups is 3. The van der Waals surface area contributed by atoms with Crippen LogP contribution in [0.1, 0.15) is 18.1 Å². The molecule has 2 aromatic rings. The first kappa shape index (κ1) is 19.8. The first-order chi connectivity index (χ1) is 13.3. The van der Waals surface area contributed by atoms with E-state index in [9.17, 15) is 18.8 Å². The van der Waals surface area contributed by atoms with Crippen LogP contribution in [0.2, 0.25) is 5.02 Å². The summed E-state index contributed by atoms with van der Waals surface area (Å²) in [5.41, 5.74) is 0.00121. The molecule has 0 bridgehead atoms. The van der Waals surface area contributed by atoms with Crippen molar-refractivity contribution in [2.24, 2.45) is 0 Å². The molecule has 4 amide bonds. The first-order valence-corrected chi connectivity index (χ1v) is 9.09. The monoisotopic (exact) mass is 403 g/mol. The van der Waals surface area contributed by atoms with E-state index in [2.05, 4.69) is 10.6 Å². The molecule has 1 heterocycles.